The molecule has 4 nitrogen and oxygen atoms in total. The summed E-state index contributed by atoms with van der Waals surface area (Å²) in [5, 5.41) is 3.17. The molecule has 2 aliphatic rings. The highest BCUT2D eigenvalue weighted by Gasteiger charge is 2.29. The Hall–Kier alpha value is -1.49. The van der Waals surface area contributed by atoms with Crippen molar-refractivity contribution < 1.29 is 9.59 Å². The monoisotopic (exact) mass is 304 g/mol. The van der Waals surface area contributed by atoms with Gasteiger partial charge in [-0.1, -0.05) is 13.3 Å². The quantitative estimate of drug-likeness (QED) is 0.934. The van der Waals surface area contributed by atoms with E-state index in [1.54, 1.807) is 0 Å². The lowest BCUT2D eigenvalue weighted by molar-refractivity contribution is -0.116. The summed E-state index contributed by atoms with van der Waals surface area (Å²) in [6, 6.07) is 5.64. The Morgan fingerprint density at radius 3 is 3.10 bits per heavy atom. The van der Waals surface area contributed by atoms with Gasteiger partial charge in [0.05, 0.1) is 5.37 Å². The van der Waals surface area contributed by atoms with Crippen LogP contribution in [0.1, 0.15) is 42.1 Å². The molecule has 0 unspecified atom stereocenters. The molecule has 1 N–H and O–H groups in total. The molecule has 2 heterocycles. The predicted octanol–water partition coefficient (Wildman–Crippen LogP) is 2.89. The lowest BCUT2D eigenvalue weighted by Gasteiger charge is -2.24. The number of thioether (sulfide) groups is 1. The smallest absolute Gasteiger partial charge is 0.254 e. The standard InChI is InChI=1S/C16H20N2O2S/c1-2-3-15-18(8-9-21-15)16(20)12-4-6-13-11(10-12)5-7-14(19)17-13/h4,6,10,15H,2-3,5,7-9H2,1H3,(H,17,19)/t15-/m1/s1. The molecule has 1 fully saturated rings. The van der Waals surface area contributed by atoms with Gasteiger partial charge in [0.1, 0.15) is 0 Å². The molecule has 0 radical (unpaired) electrons. The predicted molar refractivity (Wildman–Crippen MR) is 85.6 cm³/mol. The third kappa shape index (κ3) is 2.93. The van der Waals surface area contributed by atoms with Crippen molar-refractivity contribution in [3.05, 3.63) is 29.3 Å². The molecule has 5 heteroatoms. The fourth-order valence-corrected chi connectivity index (χ4v) is 4.28. The molecule has 1 aromatic rings. The molecule has 0 saturated carbocycles. The first kappa shape index (κ1) is 14.4. The maximum atomic E-state index is 12.7. The number of amides is 2. The molecule has 0 aromatic heterocycles. The summed E-state index contributed by atoms with van der Waals surface area (Å²) in [6.45, 7) is 2.99. The van der Waals surface area contributed by atoms with Crippen LogP contribution in [0.2, 0.25) is 0 Å². The normalized spacial score (nSPS) is 21.1. The number of carbonyl (C=O) groups is 2. The Labute approximate surface area is 129 Å². The third-order valence-electron chi connectivity index (χ3n) is 4.03. The van der Waals surface area contributed by atoms with E-state index in [1.807, 2.05) is 34.9 Å². The van der Waals surface area contributed by atoms with Crippen molar-refractivity contribution in [3.8, 4) is 0 Å². The van der Waals surface area contributed by atoms with Crippen LogP contribution < -0.4 is 5.32 Å². The van der Waals surface area contributed by atoms with Crippen LogP contribution in [0, 0.1) is 0 Å². The number of hydrogen-bond donors (Lipinski definition) is 1. The summed E-state index contributed by atoms with van der Waals surface area (Å²) in [4.78, 5) is 26.1. The Balaban J connectivity index is 1.80. The van der Waals surface area contributed by atoms with Crippen LogP contribution in [0.5, 0.6) is 0 Å². The molecule has 0 bridgehead atoms. The van der Waals surface area contributed by atoms with E-state index in [1.165, 1.54) is 0 Å². The van der Waals surface area contributed by atoms with E-state index in [2.05, 4.69) is 12.2 Å². The summed E-state index contributed by atoms with van der Waals surface area (Å²) >= 11 is 1.88. The number of nitrogens with zero attached hydrogens (tertiary/aromatic N) is 1. The second kappa shape index (κ2) is 6.10. The molecular formula is C16H20N2O2S. The Morgan fingerprint density at radius 1 is 1.43 bits per heavy atom. The second-order valence-corrected chi connectivity index (χ2v) is 6.82. The van der Waals surface area contributed by atoms with E-state index in [0.29, 0.717) is 11.8 Å². The number of rotatable bonds is 3. The number of benzene rings is 1. The van der Waals surface area contributed by atoms with Crippen molar-refractivity contribution in [2.75, 3.05) is 17.6 Å². The zero-order valence-corrected chi connectivity index (χ0v) is 13.0. The van der Waals surface area contributed by atoms with Gasteiger partial charge in [0.15, 0.2) is 0 Å². The van der Waals surface area contributed by atoms with Crippen molar-refractivity contribution in [1.82, 2.24) is 4.90 Å². The fourth-order valence-electron chi connectivity index (χ4n) is 2.92. The van der Waals surface area contributed by atoms with E-state index in [9.17, 15) is 9.59 Å². The maximum Gasteiger partial charge on any atom is 0.254 e. The highest BCUT2D eigenvalue weighted by atomic mass is 32.2. The summed E-state index contributed by atoms with van der Waals surface area (Å²) in [6.07, 6.45) is 3.37. The van der Waals surface area contributed by atoms with E-state index in [4.69, 9.17) is 0 Å². The first-order chi connectivity index (χ1) is 10.2. The largest absolute Gasteiger partial charge is 0.326 e. The Bertz CT molecular complexity index is 573. The molecule has 1 saturated heterocycles. The second-order valence-electron chi connectivity index (χ2n) is 5.53. The molecule has 3 rings (SSSR count). The van der Waals surface area contributed by atoms with Crippen LogP contribution in [0.15, 0.2) is 18.2 Å². The first-order valence-corrected chi connectivity index (χ1v) is 8.59. The van der Waals surface area contributed by atoms with Gasteiger partial charge in [0.25, 0.3) is 5.91 Å². The third-order valence-corrected chi connectivity index (χ3v) is 5.33. The van der Waals surface area contributed by atoms with Crippen molar-refractivity contribution >= 4 is 29.3 Å². The van der Waals surface area contributed by atoms with Crippen molar-refractivity contribution in [3.63, 3.8) is 0 Å². The molecule has 2 amide bonds. The molecule has 2 aliphatic heterocycles. The maximum absolute atomic E-state index is 12.7. The average molecular weight is 304 g/mol. The summed E-state index contributed by atoms with van der Waals surface area (Å²) in [7, 11) is 0. The molecule has 1 aromatic carbocycles. The molecule has 0 aliphatic carbocycles. The van der Waals surface area contributed by atoms with Gasteiger partial charge >= 0.3 is 0 Å². The Kier molecular flexibility index (Phi) is 4.19. The van der Waals surface area contributed by atoms with E-state index in [-0.39, 0.29) is 11.8 Å². The van der Waals surface area contributed by atoms with Crippen LogP contribution in [-0.4, -0.2) is 34.4 Å². The molecule has 112 valence electrons. The minimum absolute atomic E-state index is 0.0560. The van der Waals surface area contributed by atoms with Gasteiger partial charge < -0.3 is 10.2 Å². The number of hydrogen-bond acceptors (Lipinski definition) is 3. The van der Waals surface area contributed by atoms with Gasteiger partial charge in [0.2, 0.25) is 5.91 Å². The zero-order valence-electron chi connectivity index (χ0n) is 12.2. The molecule has 0 spiro atoms. The number of fused-ring (bicyclic) bond motifs is 1. The first-order valence-electron chi connectivity index (χ1n) is 7.54. The minimum Gasteiger partial charge on any atom is -0.326 e. The van der Waals surface area contributed by atoms with Crippen LogP contribution in [0.4, 0.5) is 5.69 Å². The lowest BCUT2D eigenvalue weighted by Crippen LogP contribution is -2.34. The van der Waals surface area contributed by atoms with Crippen LogP contribution in [0.25, 0.3) is 0 Å². The summed E-state index contributed by atoms with van der Waals surface area (Å²) in [5.74, 6) is 1.20. The molecule has 21 heavy (non-hydrogen) atoms. The highest BCUT2D eigenvalue weighted by Crippen LogP contribution is 2.30. The van der Waals surface area contributed by atoms with Gasteiger partial charge in [0, 0.05) is 30.0 Å². The summed E-state index contributed by atoms with van der Waals surface area (Å²) in [5.41, 5.74) is 2.66. The van der Waals surface area contributed by atoms with Gasteiger partial charge in [-0.2, -0.15) is 0 Å². The average Bonchev–Trinajstić information content (AvgIpc) is 2.94. The fraction of sp³-hybridized carbons (Fsp3) is 0.500. The number of aryl methyl sites for hydroxylation is 1. The van der Waals surface area contributed by atoms with E-state index < -0.39 is 0 Å². The van der Waals surface area contributed by atoms with E-state index in [0.717, 1.165) is 48.4 Å². The summed E-state index contributed by atoms with van der Waals surface area (Å²) < 4.78 is 0. The number of carbonyl (C=O) groups excluding carboxylic acids is 2. The zero-order chi connectivity index (χ0) is 14.8. The lowest BCUT2D eigenvalue weighted by atomic mass is 10.00. The van der Waals surface area contributed by atoms with Gasteiger partial charge in [-0.05, 0) is 36.6 Å². The SMILES string of the molecule is CCC[C@H]1SCCN1C(=O)c1ccc2c(c1)CCC(=O)N2. The Morgan fingerprint density at radius 2 is 2.29 bits per heavy atom. The van der Waals surface area contributed by atoms with Crippen molar-refractivity contribution in [1.29, 1.82) is 0 Å². The van der Waals surface area contributed by atoms with E-state index >= 15 is 0 Å². The van der Waals surface area contributed by atoms with Crippen molar-refractivity contribution in [2.45, 2.75) is 38.0 Å². The van der Waals surface area contributed by atoms with Crippen LogP contribution in [-0.2, 0) is 11.2 Å². The van der Waals surface area contributed by atoms with Gasteiger partial charge in [-0.3, -0.25) is 9.59 Å². The van der Waals surface area contributed by atoms with Crippen LogP contribution in [0.3, 0.4) is 0 Å². The minimum atomic E-state index is 0.0560. The van der Waals surface area contributed by atoms with Gasteiger partial charge in [-0.25, -0.2) is 0 Å². The van der Waals surface area contributed by atoms with Crippen LogP contribution >= 0.6 is 11.8 Å². The number of anilines is 1. The molecular weight excluding hydrogens is 284 g/mol. The highest BCUT2D eigenvalue weighted by molar-refractivity contribution is 8.00. The number of nitrogens with one attached hydrogen (secondary N) is 1. The van der Waals surface area contributed by atoms with Gasteiger partial charge in [-0.15, -0.1) is 11.8 Å². The van der Waals surface area contributed by atoms with Crippen molar-refractivity contribution in [2.24, 2.45) is 0 Å². The topological polar surface area (TPSA) is 49.4 Å². The molecule has 1 atom stereocenters.